The molecule has 0 bridgehead atoms. The summed E-state index contributed by atoms with van der Waals surface area (Å²) in [4.78, 5) is 4.34. The van der Waals surface area contributed by atoms with Gasteiger partial charge < -0.3 is 10.1 Å². The summed E-state index contributed by atoms with van der Waals surface area (Å²) in [5.41, 5.74) is 1.87. The third-order valence-electron chi connectivity index (χ3n) is 4.02. The SMILES string of the molecule is COc1ccc(CC(=NS(=O)(=O)c2ccc(C)cc2)Nc2ccccn2)cc1. The zero-order valence-corrected chi connectivity index (χ0v) is 16.5. The van der Waals surface area contributed by atoms with Crippen LogP contribution in [0.5, 0.6) is 5.75 Å². The normalized spacial score (nSPS) is 11.9. The van der Waals surface area contributed by atoms with E-state index >= 15 is 0 Å². The highest BCUT2D eigenvalue weighted by molar-refractivity contribution is 7.90. The molecule has 0 fully saturated rings. The predicted molar refractivity (Wildman–Crippen MR) is 110 cm³/mol. The van der Waals surface area contributed by atoms with Crippen LogP contribution in [0.3, 0.4) is 0 Å². The van der Waals surface area contributed by atoms with E-state index in [0.29, 0.717) is 12.2 Å². The largest absolute Gasteiger partial charge is 0.497 e. The van der Waals surface area contributed by atoms with E-state index in [1.54, 1.807) is 49.7 Å². The van der Waals surface area contributed by atoms with Crippen LogP contribution < -0.4 is 10.1 Å². The molecule has 7 heteroatoms. The second-order valence-corrected chi connectivity index (χ2v) is 7.80. The van der Waals surface area contributed by atoms with Gasteiger partial charge in [0.25, 0.3) is 10.0 Å². The van der Waals surface area contributed by atoms with Gasteiger partial charge in [-0.25, -0.2) is 4.98 Å². The Kier molecular flexibility index (Phi) is 6.06. The molecular weight excluding hydrogens is 374 g/mol. The molecule has 1 N–H and O–H groups in total. The van der Waals surface area contributed by atoms with E-state index in [1.807, 2.05) is 37.3 Å². The summed E-state index contributed by atoms with van der Waals surface area (Å²) in [5, 5.41) is 3.02. The first-order valence-electron chi connectivity index (χ1n) is 8.68. The number of sulfonamides is 1. The zero-order chi connectivity index (χ0) is 20.0. The Hall–Kier alpha value is -3.19. The maximum Gasteiger partial charge on any atom is 0.283 e. The molecule has 3 aromatic rings. The van der Waals surface area contributed by atoms with Crippen molar-refractivity contribution in [3.63, 3.8) is 0 Å². The van der Waals surface area contributed by atoms with Gasteiger partial charge in [-0.15, -0.1) is 4.40 Å². The first-order chi connectivity index (χ1) is 13.5. The van der Waals surface area contributed by atoms with E-state index in [9.17, 15) is 8.42 Å². The van der Waals surface area contributed by atoms with Crippen LogP contribution in [0.1, 0.15) is 11.1 Å². The summed E-state index contributed by atoms with van der Waals surface area (Å²) in [5.74, 6) is 1.53. The third-order valence-corrected chi connectivity index (χ3v) is 5.35. The molecule has 6 nitrogen and oxygen atoms in total. The lowest BCUT2D eigenvalue weighted by molar-refractivity contribution is 0.414. The van der Waals surface area contributed by atoms with Crippen LogP contribution in [0.15, 0.2) is 82.2 Å². The Labute approximate surface area is 165 Å². The first-order valence-corrected chi connectivity index (χ1v) is 10.1. The van der Waals surface area contributed by atoms with Gasteiger partial charge in [-0.1, -0.05) is 35.9 Å². The standard InChI is InChI=1S/C21H21N3O3S/c1-16-6-12-19(13-7-16)28(25,26)24-21(23-20-5-3-4-14-22-20)15-17-8-10-18(27-2)11-9-17/h3-14H,15H2,1-2H3,(H,22,23,24). The number of hydrogen-bond donors (Lipinski definition) is 1. The number of benzene rings is 2. The monoisotopic (exact) mass is 395 g/mol. The van der Waals surface area contributed by atoms with E-state index in [2.05, 4.69) is 14.7 Å². The minimum absolute atomic E-state index is 0.146. The van der Waals surface area contributed by atoms with Crippen LogP contribution in [-0.4, -0.2) is 26.3 Å². The van der Waals surface area contributed by atoms with Crippen LogP contribution in [0.2, 0.25) is 0 Å². The van der Waals surface area contributed by atoms with Gasteiger partial charge in [-0.2, -0.15) is 8.42 Å². The Balaban J connectivity index is 1.94. The van der Waals surface area contributed by atoms with Crippen LogP contribution in [0.25, 0.3) is 0 Å². The lowest BCUT2D eigenvalue weighted by atomic mass is 10.1. The van der Waals surface area contributed by atoms with Crippen molar-refractivity contribution in [2.75, 3.05) is 12.4 Å². The van der Waals surface area contributed by atoms with E-state index in [4.69, 9.17) is 4.74 Å². The molecule has 144 valence electrons. The molecule has 0 amide bonds. The van der Waals surface area contributed by atoms with Gasteiger partial charge in [0.15, 0.2) is 0 Å². The molecule has 1 heterocycles. The Morgan fingerprint density at radius 2 is 1.75 bits per heavy atom. The number of rotatable bonds is 6. The zero-order valence-electron chi connectivity index (χ0n) is 15.7. The van der Waals surface area contributed by atoms with Crippen molar-refractivity contribution >= 4 is 21.7 Å². The number of aryl methyl sites for hydroxylation is 1. The van der Waals surface area contributed by atoms with Crippen molar-refractivity contribution < 1.29 is 13.2 Å². The number of hydrogen-bond acceptors (Lipinski definition) is 4. The van der Waals surface area contributed by atoms with Gasteiger partial charge in [0, 0.05) is 12.6 Å². The van der Waals surface area contributed by atoms with E-state index in [1.165, 1.54) is 0 Å². The fourth-order valence-corrected chi connectivity index (χ4v) is 3.51. The summed E-state index contributed by atoms with van der Waals surface area (Å²) in [7, 11) is -2.26. The summed E-state index contributed by atoms with van der Waals surface area (Å²) >= 11 is 0. The highest BCUT2D eigenvalue weighted by atomic mass is 32.2. The molecule has 0 unspecified atom stereocenters. The number of nitrogens with zero attached hydrogens (tertiary/aromatic N) is 2. The topological polar surface area (TPSA) is 80.6 Å². The summed E-state index contributed by atoms with van der Waals surface area (Å²) in [6, 6.07) is 19.3. The van der Waals surface area contributed by atoms with E-state index in [0.717, 1.165) is 16.9 Å². The van der Waals surface area contributed by atoms with Gasteiger partial charge >= 0.3 is 0 Å². The maximum absolute atomic E-state index is 12.8. The second-order valence-electron chi connectivity index (χ2n) is 6.19. The molecule has 0 radical (unpaired) electrons. The number of nitrogens with one attached hydrogen (secondary N) is 1. The van der Waals surface area contributed by atoms with Crippen LogP contribution in [0, 0.1) is 6.92 Å². The Morgan fingerprint density at radius 3 is 2.36 bits per heavy atom. The first kappa shape index (κ1) is 19.6. The molecule has 1 aromatic heterocycles. The Morgan fingerprint density at radius 1 is 1.04 bits per heavy atom. The minimum Gasteiger partial charge on any atom is -0.497 e. The molecule has 0 aliphatic heterocycles. The molecule has 0 aliphatic rings. The number of aromatic nitrogens is 1. The lowest BCUT2D eigenvalue weighted by Crippen LogP contribution is -2.18. The van der Waals surface area contributed by atoms with Crippen LogP contribution >= 0.6 is 0 Å². The number of ether oxygens (including phenoxy) is 1. The van der Waals surface area contributed by atoms with Gasteiger partial charge in [0.05, 0.1) is 12.0 Å². The van der Waals surface area contributed by atoms with Crippen molar-refractivity contribution in [2.24, 2.45) is 4.40 Å². The molecule has 2 aromatic carbocycles. The predicted octanol–water partition coefficient (Wildman–Crippen LogP) is 3.84. The fraction of sp³-hybridized carbons (Fsp3) is 0.143. The van der Waals surface area contributed by atoms with Crippen molar-refractivity contribution in [1.29, 1.82) is 0 Å². The maximum atomic E-state index is 12.8. The number of anilines is 1. The van der Waals surface area contributed by atoms with E-state index < -0.39 is 10.0 Å². The third kappa shape index (κ3) is 5.17. The average molecular weight is 395 g/mol. The average Bonchev–Trinajstić information content (AvgIpc) is 2.69. The molecule has 3 rings (SSSR count). The molecule has 0 aliphatic carbocycles. The van der Waals surface area contributed by atoms with Crippen molar-refractivity contribution in [3.8, 4) is 5.75 Å². The van der Waals surface area contributed by atoms with Crippen LogP contribution in [-0.2, 0) is 16.4 Å². The molecule has 0 spiro atoms. The Bertz CT molecular complexity index is 1050. The molecule has 0 saturated heterocycles. The quantitative estimate of drug-likeness (QED) is 0.507. The van der Waals surface area contributed by atoms with Crippen molar-refractivity contribution in [1.82, 2.24) is 4.98 Å². The van der Waals surface area contributed by atoms with Crippen molar-refractivity contribution in [2.45, 2.75) is 18.2 Å². The molecule has 28 heavy (non-hydrogen) atoms. The summed E-state index contributed by atoms with van der Waals surface area (Å²) in [6.07, 6.45) is 1.92. The van der Waals surface area contributed by atoms with Gasteiger partial charge in [-0.05, 0) is 48.9 Å². The number of pyridine rings is 1. The molecular formula is C21H21N3O3S. The van der Waals surface area contributed by atoms with Gasteiger partial charge in [0.2, 0.25) is 0 Å². The smallest absolute Gasteiger partial charge is 0.283 e. The molecule has 0 saturated carbocycles. The second kappa shape index (κ2) is 8.67. The highest BCUT2D eigenvalue weighted by Gasteiger charge is 2.15. The molecule has 0 atom stereocenters. The fourth-order valence-electron chi connectivity index (χ4n) is 2.53. The summed E-state index contributed by atoms with van der Waals surface area (Å²) in [6.45, 7) is 1.90. The lowest BCUT2D eigenvalue weighted by Gasteiger charge is -2.10. The van der Waals surface area contributed by atoms with Gasteiger partial charge in [0.1, 0.15) is 17.4 Å². The summed E-state index contributed by atoms with van der Waals surface area (Å²) < 4.78 is 34.7. The number of methoxy groups -OCH3 is 1. The van der Waals surface area contributed by atoms with Crippen molar-refractivity contribution in [3.05, 3.63) is 84.1 Å². The van der Waals surface area contributed by atoms with Crippen LogP contribution in [0.4, 0.5) is 5.82 Å². The van der Waals surface area contributed by atoms with E-state index in [-0.39, 0.29) is 10.7 Å². The van der Waals surface area contributed by atoms with Gasteiger partial charge in [-0.3, -0.25) is 0 Å². The number of amidine groups is 1. The minimum atomic E-state index is -3.86. The highest BCUT2D eigenvalue weighted by Crippen LogP contribution is 2.16.